The number of piperidine rings is 1. The number of benzene rings is 1. The molecule has 6 nitrogen and oxygen atoms in total. The maximum absolute atomic E-state index is 14.5. The summed E-state index contributed by atoms with van der Waals surface area (Å²) >= 11 is 0. The van der Waals surface area contributed by atoms with E-state index in [0.29, 0.717) is 17.5 Å². The van der Waals surface area contributed by atoms with E-state index >= 15 is 0 Å². The zero-order valence-corrected chi connectivity index (χ0v) is 14.5. The molecule has 2 unspecified atom stereocenters. The molecule has 1 aromatic carbocycles. The summed E-state index contributed by atoms with van der Waals surface area (Å²) in [6.45, 7) is 5.61. The van der Waals surface area contributed by atoms with Gasteiger partial charge in [0.1, 0.15) is 5.56 Å². The fourth-order valence-corrected chi connectivity index (χ4v) is 3.82. The van der Waals surface area contributed by atoms with Crippen molar-refractivity contribution in [2.45, 2.75) is 26.3 Å². The van der Waals surface area contributed by atoms with Crippen molar-refractivity contribution in [1.82, 2.24) is 10.1 Å². The first kappa shape index (κ1) is 17.4. The van der Waals surface area contributed by atoms with Gasteiger partial charge < -0.3 is 15.3 Å². The third-order valence-electron chi connectivity index (χ3n) is 5.19. The minimum absolute atomic E-state index is 0.0850. The van der Waals surface area contributed by atoms with E-state index in [9.17, 15) is 14.1 Å². The highest BCUT2D eigenvalue weighted by atomic mass is 19.2. The van der Waals surface area contributed by atoms with Gasteiger partial charge in [-0.1, -0.05) is 11.4 Å². The number of carboxylic acids is 1. The number of nitrogens with one attached hydrogen (secondary N) is 1. The molecule has 1 aliphatic rings. The van der Waals surface area contributed by atoms with Crippen LogP contribution in [-0.4, -0.2) is 42.0 Å². The Morgan fingerprint density at radius 2 is 2.12 bits per heavy atom. The number of carboxylic acid groups (broad SMARTS) is 1. The Hall–Kier alpha value is -2.41. The molecule has 1 saturated heterocycles. The predicted molar refractivity (Wildman–Crippen MR) is 95.3 cm³/mol. The summed E-state index contributed by atoms with van der Waals surface area (Å²) in [5.74, 6) is -0.987. The number of hydrogen-bond donors (Lipinski definition) is 2. The molecule has 0 aliphatic carbocycles. The maximum Gasteiger partial charge on any atom is 0.341 e. The zero-order valence-electron chi connectivity index (χ0n) is 14.5. The van der Waals surface area contributed by atoms with Crippen molar-refractivity contribution < 1.29 is 14.4 Å². The zero-order chi connectivity index (χ0) is 18.3. The summed E-state index contributed by atoms with van der Waals surface area (Å²) in [6, 6.07) is 3.77. The lowest BCUT2D eigenvalue weighted by Gasteiger charge is -2.39. The average Bonchev–Trinajstić information content (AvgIpc) is 2.57. The van der Waals surface area contributed by atoms with Crippen molar-refractivity contribution in [1.29, 1.82) is 0 Å². The molecule has 2 atom stereocenters. The average molecular weight is 347 g/mol. The monoisotopic (exact) mass is 347 g/mol. The van der Waals surface area contributed by atoms with Crippen LogP contribution in [0.25, 0.3) is 10.9 Å². The molecular weight excluding hydrogens is 325 g/mol. The molecule has 25 heavy (non-hydrogen) atoms. The van der Waals surface area contributed by atoms with E-state index in [0.717, 1.165) is 31.4 Å². The van der Waals surface area contributed by atoms with Crippen LogP contribution in [0.2, 0.25) is 0 Å². The number of pyridine rings is 1. The highest BCUT2D eigenvalue weighted by Crippen LogP contribution is 2.30. The van der Waals surface area contributed by atoms with Crippen molar-refractivity contribution in [3.63, 3.8) is 0 Å². The Balaban J connectivity index is 2.10. The molecule has 2 aromatic rings. The van der Waals surface area contributed by atoms with Gasteiger partial charge in [0.15, 0.2) is 0 Å². The Morgan fingerprint density at radius 3 is 2.72 bits per heavy atom. The fourth-order valence-electron chi connectivity index (χ4n) is 3.82. The molecule has 1 aliphatic heterocycles. The summed E-state index contributed by atoms with van der Waals surface area (Å²) in [5.41, 5.74) is 0.432. The summed E-state index contributed by atoms with van der Waals surface area (Å²) in [6.07, 6.45) is 1.73. The highest BCUT2D eigenvalue weighted by Gasteiger charge is 2.27. The van der Waals surface area contributed by atoms with Crippen LogP contribution >= 0.6 is 0 Å². The van der Waals surface area contributed by atoms with Gasteiger partial charge in [-0.05, 0) is 44.0 Å². The number of nitrogens with zero attached hydrogens (tertiary/aromatic N) is 2. The number of halogens is 1. The molecule has 3 rings (SSSR count). The molecule has 134 valence electrons. The highest BCUT2D eigenvalue weighted by molar-refractivity contribution is 5.94. The third kappa shape index (κ3) is 2.89. The number of hydrogen-bond acceptors (Lipinski definition) is 4. The predicted octanol–water partition coefficient (Wildman–Crippen LogP) is 2.17. The Bertz CT molecular complexity index is 893. The standard InChI is InChI=1S/C18H22FN3O3/c1-10-8-21(7-6-14(10)20-3)15-5-4-12-16(11(15)2)22(19)9-13(17(12)23)18(24)25/h4-5,9-10,14,20H,6-8H2,1-3H3,(H,24,25). The van der Waals surface area contributed by atoms with E-state index < -0.39 is 17.0 Å². The molecule has 0 amide bonds. The molecule has 0 saturated carbocycles. The van der Waals surface area contributed by atoms with Crippen LogP contribution in [-0.2, 0) is 0 Å². The van der Waals surface area contributed by atoms with Gasteiger partial charge in [0, 0.05) is 30.2 Å². The number of aryl methyl sites for hydroxylation is 1. The van der Waals surface area contributed by atoms with Gasteiger partial charge in [-0.25, -0.2) is 4.79 Å². The van der Waals surface area contributed by atoms with Crippen LogP contribution in [0.15, 0.2) is 23.1 Å². The molecule has 0 spiro atoms. The second-order valence-electron chi connectivity index (χ2n) is 6.70. The van der Waals surface area contributed by atoms with E-state index in [1.165, 1.54) is 6.07 Å². The van der Waals surface area contributed by atoms with Gasteiger partial charge in [0.05, 0.1) is 11.7 Å². The molecule has 0 radical (unpaired) electrons. The molecule has 1 aromatic heterocycles. The minimum Gasteiger partial charge on any atom is -0.477 e. The number of fused-ring (bicyclic) bond motifs is 1. The van der Waals surface area contributed by atoms with Crippen LogP contribution in [0.4, 0.5) is 10.2 Å². The Labute approximate surface area is 144 Å². The fraction of sp³-hybridized carbons (Fsp3) is 0.444. The quantitative estimate of drug-likeness (QED) is 0.890. The summed E-state index contributed by atoms with van der Waals surface area (Å²) in [4.78, 5) is 25.9. The lowest BCUT2D eigenvalue weighted by Crippen LogP contribution is -2.47. The molecule has 2 N–H and O–H groups in total. The second-order valence-corrected chi connectivity index (χ2v) is 6.70. The Kier molecular flexibility index (Phi) is 4.51. The van der Waals surface area contributed by atoms with Crippen LogP contribution in [0.1, 0.15) is 29.3 Å². The van der Waals surface area contributed by atoms with Crippen molar-refractivity contribution >= 4 is 22.6 Å². The first-order valence-corrected chi connectivity index (χ1v) is 8.35. The topological polar surface area (TPSA) is 74.6 Å². The second kappa shape index (κ2) is 6.48. The summed E-state index contributed by atoms with van der Waals surface area (Å²) < 4.78 is 14.5. The maximum atomic E-state index is 14.5. The van der Waals surface area contributed by atoms with Crippen LogP contribution in [0.3, 0.4) is 0 Å². The normalized spacial score (nSPS) is 20.9. The van der Waals surface area contributed by atoms with Crippen molar-refractivity contribution in [3.8, 4) is 0 Å². The summed E-state index contributed by atoms with van der Waals surface area (Å²) in [7, 11) is 1.96. The number of anilines is 1. The van der Waals surface area contributed by atoms with Gasteiger partial charge in [0.2, 0.25) is 5.43 Å². The van der Waals surface area contributed by atoms with E-state index in [-0.39, 0.29) is 15.7 Å². The van der Waals surface area contributed by atoms with E-state index in [1.54, 1.807) is 13.0 Å². The lowest BCUT2D eigenvalue weighted by molar-refractivity contribution is 0.0693. The van der Waals surface area contributed by atoms with Crippen molar-refractivity contribution in [2.75, 3.05) is 25.0 Å². The van der Waals surface area contributed by atoms with E-state index in [2.05, 4.69) is 17.1 Å². The first-order chi connectivity index (χ1) is 11.8. The van der Waals surface area contributed by atoms with Gasteiger partial charge in [-0.2, -0.15) is 4.79 Å². The van der Waals surface area contributed by atoms with E-state index in [1.807, 2.05) is 7.05 Å². The number of carbonyl (C=O) groups is 1. The third-order valence-corrected chi connectivity index (χ3v) is 5.19. The van der Waals surface area contributed by atoms with Crippen LogP contribution in [0.5, 0.6) is 0 Å². The Morgan fingerprint density at radius 1 is 1.40 bits per heavy atom. The minimum atomic E-state index is -1.43. The van der Waals surface area contributed by atoms with Gasteiger partial charge in [-0.3, -0.25) is 4.79 Å². The van der Waals surface area contributed by atoms with Gasteiger partial charge in [-0.15, -0.1) is 0 Å². The summed E-state index contributed by atoms with van der Waals surface area (Å²) in [5, 5.41) is 12.5. The van der Waals surface area contributed by atoms with Crippen LogP contribution < -0.4 is 15.6 Å². The van der Waals surface area contributed by atoms with Crippen LogP contribution in [0, 0.1) is 12.8 Å². The molecule has 2 heterocycles. The number of aromatic carboxylic acids is 1. The number of aromatic nitrogens is 1. The smallest absolute Gasteiger partial charge is 0.341 e. The number of rotatable bonds is 3. The molecular formula is C18H22FN3O3. The van der Waals surface area contributed by atoms with Crippen molar-refractivity contribution in [2.24, 2.45) is 5.92 Å². The van der Waals surface area contributed by atoms with Gasteiger partial charge >= 0.3 is 5.97 Å². The first-order valence-electron chi connectivity index (χ1n) is 8.35. The van der Waals surface area contributed by atoms with Gasteiger partial charge in [0.25, 0.3) is 0 Å². The molecule has 0 bridgehead atoms. The largest absolute Gasteiger partial charge is 0.477 e. The van der Waals surface area contributed by atoms with E-state index in [4.69, 9.17) is 5.11 Å². The van der Waals surface area contributed by atoms with Crippen molar-refractivity contribution in [3.05, 3.63) is 39.7 Å². The molecule has 1 fully saturated rings. The lowest BCUT2D eigenvalue weighted by atomic mass is 9.93. The SMILES string of the molecule is CNC1CCN(c2ccc3c(=O)c(C(=O)O)cn(F)c3c2C)CC1C. The molecule has 7 heteroatoms.